The van der Waals surface area contributed by atoms with Crippen LogP contribution in [0.15, 0.2) is 39.4 Å². The van der Waals surface area contributed by atoms with Gasteiger partial charge in [0.2, 0.25) is 5.91 Å². The van der Waals surface area contributed by atoms with Crippen LogP contribution in [0.1, 0.15) is 6.42 Å². The molecular weight excluding hydrogens is 296 g/mol. The van der Waals surface area contributed by atoms with Crippen molar-refractivity contribution in [2.75, 3.05) is 11.1 Å². The molecule has 112 valence electrons. The number of fused-ring (bicyclic) bond motifs is 1. The molecule has 1 amide bonds. The monoisotopic (exact) mass is 310 g/mol. The minimum absolute atomic E-state index is 0.207. The summed E-state index contributed by atoms with van der Waals surface area (Å²) in [7, 11) is -1.87. The third-order valence-corrected chi connectivity index (χ3v) is 4.24. The number of nitrogens with zero attached hydrogens (tertiary/aromatic N) is 1. The van der Waals surface area contributed by atoms with Crippen LogP contribution in [0.3, 0.4) is 0 Å². The number of oxazole rings is 1. The number of hydrogen-bond acceptors (Lipinski definition) is 5. The van der Waals surface area contributed by atoms with Crippen molar-refractivity contribution < 1.29 is 17.6 Å². The molecule has 1 N–H and O–H groups in total. The van der Waals surface area contributed by atoms with E-state index in [2.05, 4.69) is 11.9 Å². The summed E-state index contributed by atoms with van der Waals surface area (Å²) in [6.07, 6.45) is -0.207. The molecule has 0 unspecified atom stereocenters. The van der Waals surface area contributed by atoms with Crippen molar-refractivity contribution in [2.45, 2.75) is 6.42 Å². The van der Waals surface area contributed by atoms with E-state index in [4.69, 9.17) is 4.42 Å². The molecule has 2 aromatic rings. The van der Waals surface area contributed by atoms with E-state index in [0.29, 0.717) is 11.2 Å². The van der Waals surface area contributed by atoms with E-state index >= 15 is 0 Å². The normalized spacial score (nSPS) is 11.5. The molecule has 0 aliphatic carbocycles. The second-order valence-corrected chi connectivity index (χ2v) is 6.48. The minimum Gasteiger partial charge on any atom is -0.405 e. The summed E-state index contributed by atoms with van der Waals surface area (Å²) in [5, 5.41) is 3.36. The van der Waals surface area contributed by atoms with E-state index in [1.54, 1.807) is 25.2 Å². The predicted molar refractivity (Wildman–Crippen MR) is 78.7 cm³/mol. The highest BCUT2D eigenvalue weighted by Gasteiger charge is 2.14. The van der Waals surface area contributed by atoms with Crippen molar-refractivity contribution in [1.29, 1.82) is 0 Å². The van der Waals surface area contributed by atoms with Gasteiger partial charge < -0.3 is 9.73 Å². The summed E-state index contributed by atoms with van der Waals surface area (Å²) in [5.74, 6) is -1.35. The molecule has 0 aliphatic rings. The van der Waals surface area contributed by atoms with E-state index in [1.165, 1.54) is 4.57 Å². The Morgan fingerprint density at radius 3 is 2.86 bits per heavy atom. The van der Waals surface area contributed by atoms with Gasteiger partial charge in [0.05, 0.1) is 17.0 Å². The number of carbonyl (C=O) groups is 1. The first-order valence-corrected chi connectivity index (χ1v) is 7.79. The van der Waals surface area contributed by atoms with Crippen LogP contribution < -0.4 is 11.1 Å². The number of rotatable bonds is 5. The minimum atomic E-state index is -3.43. The number of aryl methyl sites for hydroxylation is 1. The Morgan fingerprint density at radius 1 is 1.48 bits per heavy atom. The second kappa shape index (κ2) is 5.57. The van der Waals surface area contributed by atoms with Crippen LogP contribution >= 0.6 is 0 Å². The molecule has 1 aromatic heterocycles. The molecule has 1 heterocycles. The van der Waals surface area contributed by atoms with Gasteiger partial charge in [0.25, 0.3) is 0 Å². The van der Waals surface area contributed by atoms with Gasteiger partial charge in [-0.25, -0.2) is 13.2 Å². The first-order chi connectivity index (χ1) is 9.84. The lowest BCUT2D eigenvalue weighted by Gasteiger charge is -2.05. The Kier molecular flexibility index (Phi) is 3.99. The maximum absolute atomic E-state index is 11.8. The second-order valence-electron chi connectivity index (χ2n) is 4.41. The summed E-state index contributed by atoms with van der Waals surface area (Å²) < 4.78 is 28.9. The third kappa shape index (κ3) is 3.22. The maximum Gasteiger partial charge on any atom is 0.419 e. The van der Waals surface area contributed by atoms with E-state index in [1.807, 2.05) is 0 Å². The van der Waals surface area contributed by atoms with E-state index < -0.39 is 21.5 Å². The van der Waals surface area contributed by atoms with Gasteiger partial charge in [-0.2, -0.15) is 0 Å². The number of anilines is 1. The number of amides is 1. The Bertz CT molecular complexity index is 860. The van der Waals surface area contributed by atoms with Crippen LogP contribution in [0, 0.1) is 0 Å². The van der Waals surface area contributed by atoms with Crippen LogP contribution in [0.4, 0.5) is 5.69 Å². The first-order valence-electron chi connectivity index (χ1n) is 6.07. The Hall–Kier alpha value is -2.35. The number of carbonyl (C=O) groups excluding carboxylic acids is 1. The van der Waals surface area contributed by atoms with Gasteiger partial charge in [0.1, 0.15) is 0 Å². The Balaban J connectivity index is 2.20. The number of nitrogens with one attached hydrogen (secondary N) is 1. The van der Waals surface area contributed by atoms with Crippen molar-refractivity contribution in [2.24, 2.45) is 7.05 Å². The molecule has 2 rings (SSSR count). The van der Waals surface area contributed by atoms with Crippen LogP contribution in [-0.2, 0) is 21.7 Å². The highest BCUT2D eigenvalue weighted by Crippen LogP contribution is 2.22. The fraction of sp³-hybridized carbons (Fsp3) is 0.231. The number of benzene rings is 1. The van der Waals surface area contributed by atoms with Gasteiger partial charge in [0, 0.05) is 18.9 Å². The molecule has 0 spiro atoms. The van der Waals surface area contributed by atoms with Crippen molar-refractivity contribution in [1.82, 2.24) is 4.57 Å². The molecule has 21 heavy (non-hydrogen) atoms. The van der Waals surface area contributed by atoms with Crippen molar-refractivity contribution in [3.05, 3.63) is 40.7 Å². The van der Waals surface area contributed by atoms with E-state index in [9.17, 15) is 18.0 Å². The van der Waals surface area contributed by atoms with Crippen LogP contribution in [0.5, 0.6) is 0 Å². The van der Waals surface area contributed by atoms with E-state index in [0.717, 1.165) is 5.41 Å². The number of aromatic nitrogens is 1. The van der Waals surface area contributed by atoms with E-state index in [-0.39, 0.29) is 17.8 Å². The number of hydrogen-bond donors (Lipinski definition) is 1. The van der Waals surface area contributed by atoms with Gasteiger partial charge in [-0.05, 0) is 12.1 Å². The van der Waals surface area contributed by atoms with Crippen LogP contribution in [-0.4, -0.2) is 24.6 Å². The fourth-order valence-corrected chi connectivity index (χ4v) is 2.42. The molecule has 8 heteroatoms. The van der Waals surface area contributed by atoms with Crippen molar-refractivity contribution in [3.63, 3.8) is 0 Å². The zero-order valence-corrected chi connectivity index (χ0v) is 12.1. The summed E-state index contributed by atoms with van der Waals surface area (Å²) in [6, 6.07) is 4.91. The average molecular weight is 310 g/mol. The average Bonchev–Trinajstić information content (AvgIpc) is 2.74. The summed E-state index contributed by atoms with van der Waals surface area (Å²) in [6.45, 7) is 3.18. The summed E-state index contributed by atoms with van der Waals surface area (Å²) in [5.41, 5.74) is 1.12. The fourth-order valence-electron chi connectivity index (χ4n) is 1.78. The molecule has 0 bridgehead atoms. The zero-order valence-electron chi connectivity index (χ0n) is 11.3. The topological polar surface area (TPSA) is 98.4 Å². The standard InChI is InChI=1S/C13H14N2O5S/c1-3-21(18,19)8-7-11(16)14-9-5-4-6-10-12(9)20-13(17)15(10)2/h3-6H,1,7-8H2,2H3,(H,14,16). The molecule has 0 saturated carbocycles. The molecule has 0 atom stereocenters. The molecule has 0 aliphatic heterocycles. The Labute approximate surface area is 120 Å². The van der Waals surface area contributed by atoms with Gasteiger partial charge in [-0.1, -0.05) is 12.6 Å². The smallest absolute Gasteiger partial charge is 0.405 e. The predicted octanol–water partition coefficient (Wildman–Crippen LogP) is 1.02. The molecule has 0 saturated heterocycles. The molecule has 1 aromatic carbocycles. The Morgan fingerprint density at radius 2 is 2.19 bits per heavy atom. The van der Waals surface area contributed by atoms with Crippen LogP contribution in [0.2, 0.25) is 0 Å². The highest BCUT2D eigenvalue weighted by molar-refractivity contribution is 7.94. The molecule has 0 fully saturated rings. The number of sulfone groups is 1. The molecule has 7 nitrogen and oxygen atoms in total. The van der Waals surface area contributed by atoms with Gasteiger partial charge in [-0.15, -0.1) is 0 Å². The SMILES string of the molecule is C=CS(=O)(=O)CCC(=O)Nc1cccc2c1oc(=O)n2C. The lowest BCUT2D eigenvalue weighted by molar-refractivity contribution is -0.115. The molecule has 0 radical (unpaired) electrons. The van der Waals surface area contributed by atoms with Gasteiger partial charge in [0.15, 0.2) is 15.4 Å². The van der Waals surface area contributed by atoms with Crippen molar-refractivity contribution in [3.8, 4) is 0 Å². The lowest BCUT2D eigenvalue weighted by atomic mass is 10.2. The highest BCUT2D eigenvalue weighted by atomic mass is 32.2. The van der Waals surface area contributed by atoms with Crippen LogP contribution in [0.25, 0.3) is 11.1 Å². The summed E-state index contributed by atoms with van der Waals surface area (Å²) in [4.78, 5) is 23.2. The largest absolute Gasteiger partial charge is 0.419 e. The van der Waals surface area contributed by atoms with Gasteiger partial charge in [-0.3, -0.25) is 9.36 Å². The quantitative estimate of drug-likeness (QED) is 0.889. The molecular formula is C13H14N2O5S. The van der Waals surface area contributed by atoms with Crippen molar-refractivity contribution >= 4 is 32.5 Å². The number of para-hydroxylation sites is 1. The summed E-state index contributed by atoms with van der Waals surface area (Å²) >= 11 is 0. The third-order valence-electron chi connectivity index (χ3n) is 2.96. The van der Waals surface area contributed by atoms with Gasteiger partial charge >= 0.3 is 5.76 Å². The lowest BCUT2D eigenvalue weighted by Crippen LogP contribution is -2.16. The maximum atomic E-state index is 11.8. The zero-order chi connectivity index (χ0) is 15.6. The first kappa shape index (κ1) is 15.0.